The summed E-state index contributed by atoms with van der Waals surface area (Å²) in [5.74, 6) is 2.61. The molecule has 0 N–H and O–H groups in total. The molecule has 0 saturated carbocycles. The first-order valence-corrected chi connectivity index (χ1v) is 9.45. The van der Waals surface area contributed by atoms with Gasteiger partial charge in [0.15, 0.2) is 10.9 Å². The first-order chi connectivity index (χ1) is 13.2. The van der Waals surface area contributed by atoms with Crippen molar-refractivity contribution < 1.29 is 8.83 Å². The Hall–Kier alpha value is -3.06. The topological polar surface area (TPSA) is 69.9 Å². The number of nitrogens with zero attached hydrogens (tertiary/aromatic N) is 4. The Morgan fingerprint density at radius 1 is 1.15 bits per heavy atom. The maximum absolute atomic E-state index is 5.62. The Labute approximate surface area is 160 Å². The van der Waals surface area contributed by atoms with E-state index in [0.717, 1.165) is 16.4 Å². The summed E-state index contributed by atoms with van der Waals surface area (Å²) >= 11 is 1.55. The number of aromatic nitrogens is 4. The van der Waals surface area contributed by atoms with Crippen LogP contribution in [0.3, 0.4) is 0 Å². The minimum atomic E-state index is 0.596. The maximum atomic E-state index is 5.62. The molecule has 0 spiro atoms. The molecule has 0 bridgehead atoms. The lowest BCUT2D eigenvalue weighted by Crippen LogP contribution is -2.00. The smallest absolute Gasteiger partial charge is 0.226 e. The van der Waals surface area contributed by atoms with Crippen molar-refractivity contribution >= 4 is 11.8 Å². The molecule has 0 fully saturated rings. The third-order valence-corrected chi connectivity index (χ3v) is 4.97. The number of hydrogen-bond donors (Lipinski definition) is 0. The van der Waals surface area contributed by atoms with Crippen LogP contribution in [0.1, 0.15) is 11.3 Å². The number of thioether (sulfide) groups is 1. The normalized spacial score (nSPS) is 11.0. The molecular weight excluding hydrogens is 360 g/mol. The average Bonchev–Trinajstić information content (AvgIpc) is 3.42. The fourth-order valence-electron chi connectivity index (χ4n) is 2.62. The first-order valence-electron chi connectivity index (χ1n) is 8.47. The molecule has 136 valence electrons. The van der Waals surface area contributed by atoms with Gasteiger partial charge in [-0.05, 0) is 31.2 Å². The molecule has 4 aromatic rings. The highest BCUT2D eigenvalue weighted by molar-refractivity contribution is 7.98. The van der Waals surface area contributed by atoms with Crippen LogP contribution in [0.25, 0.3) is 23.0 Å². The van der Waals surface area contributed by atoms with Gasteiger partial charge in [-0.1, -0.05) is 35.5 Å². The zero-order valence-corrected chi connectivity index (χ0v) is 15.6. The van der Waals surface area contributed by atoms with E-state index in [9.17, 15) is 0 Å². The van der Waals surface area contributed by atoms with Gasteiger partial charge < -0.3 is 8.83 Å². The van der Waals surface area contributed by atoms with Gasteiger partial charge in [-0.3, -0.25) is 4.57 Å². The van der Waals surface area contributed by atoms with E-state index in [4.69, 9.17) is 8.83 Å². The van der Waals surface area contributed by atoms with Gasteiger partial charge in [0, 0.05) is 17.9 Å². The Morgan fingerprint density at radius 2 is 2.00 bits per heavy atom. The molecule has 6 nitrogen and oxygen atoms in total. The van der Waals surface area contributed by atoms with E-state index < -0.39 is 0 Å². The third-order valence-electron chi connectivity index (χ3n) is 3.97. The summed E-state index contributed by atoms with van der Waals surface area (Å²) in [5, 5.41) is 9.33. The molecule has 0 aliphatic carbocycles. The predicted molar refractivity (Wildman–Crippen MR) is 104 cm³/mol. The van der Waals surface area contributed by atoms with E-state index >= 15 is 0 Å². The van der Waals surface area contributed by atoms with Crippen LogP contribution in [0.5, 0.6) is 0 Å². The van der Waals surface area contributed by atoms with Crippen molar-refractivity contribution in [3.63, 3.8) is 0 Å². The molecule has 1 aromatic carbocycles. The zero-order chi connectivity index (χ0) is 18.6. The Balaban J connectivity index is 1.51. The summed E-state index contributed by atoms with van der Waals surface area (Å²) in [6.45, 7) is 6.47. The molecule has 3 heterocycles. The Kier molecular flexibility index (Phi) is 4.93. The van der Waals surface area contributed by atoms with Gasteiger partial charge in [0.05, 0.1) is 12.0 Å². The highest BCUT2D eigenvalue weighted by Crippen LogP contribution is 2.27. The predicted octanol–water partition coefficient (Wildman–Crippen LogP) is 4.98. The van der Waals surface area contributed by atoms with Crippen molar-refractivity contribution in [2.75, 3.05) is 0 Å². The summed E-state index contributed by atoms with van der Waals surface area (Å²) in [6.07, 6.45) is 5.12. The van der Waals surface area contributed by atoms with E-state index in [1.54, 1.807) is 24.3 Å². The Morgan fingerprint density at radius 3 is 2.74 bits per heavy atom. The second-order valence-corrected chi connectivity index (χ2v) is 6.92. The van der Waals surface area contributed by atoms with Gasteiger partial charge in [-0.25, -0.2) is 4.98 Å². The Bertz CT molecular complexity index is 1030. The van der Waals surface area contributed by atoms with E-state index in [-0.39, 0.29) is 0 Å². The number of aryl methyl sites for hydroxylation is 1. The van der Waals surface area contributed by atoms with Gasteiger partial charge in [0.25, 0.3) is 0 Å². The van der Waals surface area contributed by atoms with Gasteiger partial charge in [-0.15, -0.1) is 16.8 Å². The van der Waals surface area contributed by atoms with Crippen LogP contribution >= 0.6 is 11.8 Å². The van der Waals surface area contributed by atoms with Crippen LogP contribution in [0.4, 0.5) is 0 Å². The van der Waals surface area contributed by atoms with Crippen molar-refractivity contribution in [1.82, 2.24) is 19.7 Å². The summed E-state index contributed by atoms with van der Waals surface area (Å²) in [4.78, 5) is 4.57. The fourth-order valence-corrected chi connectivity index (χ4v) is 3.44. The van der Waals surface area contributed by atoms with Crippen LogP contribution in [0, 0.1) is 6.92 Å². The highest BCUT2D eigenvalue weighted by Gasteiger charge is 2.16. The summed E-state index contributed by atoms with van der Waals surface area (Å²) in [5.41, 5.74) is 3.02. The number of allylic oxidation sites excluding steroid dienone is 1. The molecule has 7 heteroatoms. The molecule has 0 saturated heterocycles. The lowest BCUT2D eigenvalue weighted by molar-refractivity contribution is 0.569. The molecular formula is C20H18N4O2S. The van der Waals surface area contributed by atoms with Crippen molar-refractivity contribution in [2.45, 2.75) is 24.4 Å². The third kappa shape index (κ3) is 3.73. The number of oxazole rings is 1. The first kappa shape index (κ1) is 17.4. The van der Waals surface area contributed by atoms with Crippen molar-refractivity contribution in [1.29, 1.82) is 0 Å². The van der Waals surface area contributed by atoms with Crippen LogP contribution < -0.4 is 0 Å². The summed E-state index contributed by atoms with van der Waals surface area (Å²) in [6, 6.07) is 11.8. The molecule has 27 heavy (non-hydrogen) atoms. The van der Waals surface area contributed by atoms with Gasteiger partial charge in [0.2, 0.25) is 11.7 Å². The molecule has 0 aliphatic rings. The fraction of sp³-hybridized carbons (Fsp3) is 0.150. The second-order valence-electron chi connectivity index (χ2n) is 5.98. The van der Waals surface area contributed by atoms with Crippen molar-refractivity contribution in [3.8, 4) is 23.0 Å². The number of rotatable bonds is 7. The highest BCUT2D eigenvalue weighted by atomic mass is 32.2. The van der Waals surface area contributed by atoms with E-state index in [1.807, 2.05) is 47.0 Å². The van der Waals surface area contributed by atoms with Crippen molar-refractivity contribution in [2.24, 2.45) is 0 Å². The number of hydrogen-bond acceptors (Lipinski definition) is 6. The summed E-state index contributed by atoms with van der Waals surface area (Å²) in [7, 11) is 0. The van der Waals surface area contributed by atoms with Gasteiger partial charge in [-0.2, -0.15) is 0 Å². The van der Waals surface area contributed by atoms with E-state index in [1.165, 1.54) is 5.56 Å². The van der Waals surface area contributed by atoms with Crippen LogP contribution in [0.2, 0.25) is 0 Å². The van der Waals surface area contributed by atoms with Crippen LogP contribution in [-0.2, 0) is 12.3 Å². The molecule has 0 atom stereocenters. The monoisotopic (exact) mass is 378 g/mol. The standard InChI is InChI=1S/C20H18N4O2S/c1-3-10-24-18(17-5-4-11-25-17)22-23-20(24)27-13-16-12-26-19(21-16)15-8-6-14(2)7-9-15/h3-9,11-12H,1,10,13H2,2H3. The zero-order valence-electron chi connectivity index (χ0n) is 14.8. The number of benzene rings is 1. The van der Waals surface area contributed by atoms with Crippen LogP contribution in [-0.4, -0.2) is 19.7 Å². The van der Waals surface area contributed by atoms with E-state index in [0.29, 0.717) is 29.8 Å². The largest absolute Gasteiger partial charge is 0.461 e. The van der Waals surface area contributed by atoms with Crippen molar-refractivity contribution in [3.05, 3.63) is 72.8 Å². The second kappa shape index (κ2) is 7.67. The average molecular weight is 378 g/mol. The molecule has 0 aliphatic heterocycles. The molecule has 0 unspecified atom stereocenters. The van der Waals surface area contributed by atoms with Crippen LogP contribution in [0.15, 0.2) is 75.6 Å². The maximum Gasteiger partial charge on any atom is 0.226 e. The molecule has 0 radical (unpaired) electrons. The SMILES string of the molecule is C=CCn1c(SCc2coc(-c3ccc(C)cc3)n2)nnc1-c1ccco1. The molecule has 4 rings (SSSR count). The summed E-state index contributed by atoms with van der Waals surface area (Å²) < 4.78 is 13.0. The van der Waals surface area contributed by atoms with Gasteiger partial charge in [0.1, 0.15) is 6.26 Å². The molecule has 0 amide bonds. The lowest BCUT2D eigenvalue weighted by atomic mass is 10.1. The molecule has 3 aromatic heterocycles. The number of furan rings is 1. The van der Waals surface area contributed by atoms with Gasteiger partial charge >= 0.3 is 0 Å². The quantitative estimate of drug-likeness (QED) is 0.334. The minimum absolute atomic E-state index is 0.596. The van der Waals surface area contributed by atoms with E-state index in [2.05, 4.69) is 28.7 Å². The minimum Gasteiger partial charge on any atom is -0.461 e. The lowest BCUT2D eigenvalue weighted by Gasteiger charge is -2.05.